The maximum Gasteiger partial charge on any atom is 0.336 e. The van der Waals surface area contributed by atoms with Gasteiger partial charge in [0.2, 0.25) is 10.0 Å². The van der Waals surface area contributed by atoms with Crippen molar-refractivity contribution in [2.45, 2.75) is 51.0 Å². The first-order chi connectivity index (χ1) is 10.4. The first-order valence-electron chi connectivity index (χ1n) is 7.27. The van der Waals surface area contributed by atoms with E-state index in [2.05, 4.69) is 30.2 Å². The van der Waals surface area contributed by atoms with Gasteiger partial charge < -0.3 is 9.84 Å². The predicted molar refractivity (Wildman–Crippen MR) is 87.8 cm³/mol. The van der Waals surface area contributed by atoms with E-state index in [4.69, 9.17) is 0 Å². The quantitative estimate of drug-likeness (QED) is 0.789. The number of rotatable bonds is 5. The van der Waals surface area contributed by atoms with Crippen molar-refractivity contribution in [2.24, 2.45) is 0 Å². The van der Waals surface area contributed by atoms with Crippen LogP contribution in [-0.4, -0.2) is 39.3 Å². The molecule has 0 saturated heterocycles. The lowest BCUT2D eigenvalue weighted by molar-refractivity contribution is -0.149. The number of ether oxygens (including phenoxy) is 1. The van der Waals surface area contributed by atoms with E-state index < -0.39 is 28.6 Å². The molecule has 0 saturated carbocycles. The Hall–Kier alpha value is -1.44. The highest BCUT2D eigenvalue weighted by molar-refractivity contribution is 7.89. The van der Waals surface area contributed by atoms with Crippen LogP contribution in [0.25, 0.3) is 0 Å². The zero-order chi connectivity index (χ0) is 18.0. The van der Waals surface area contributed by atoms with E-state index in [0.717, 1.165) is 12.7 Å². The van der Waals surface area contributed by atoms with Crippen LogP contribution in [0.1, 0.15) is 37.5 Å². The minimum atomic E-state index is -3.84. The molecule has 0 bridgehead atoms. The molecule has 0 amide bonds. The molecule has 0 radical (unpaired) electrons. The summed E-state index contributed by atoms with van der Waals surface area (Å²) in [6.07, 6.45) is -1.54. The Balaban J connectivity index is 3.13. The zero-order valence-electron chi connectivity index (χ0n) is 14.4. The summed E-state index contributed by atoms with van der Waals surface area (Å²) in [5.41, 5.74) is 2.19. The van der Waals surface area contributed by atoms with Gasteiger partial charge in [0.15, 0.2) is 6.10 Å². The summed E-state index contributed by atoms with van der Waals surface area (Å²) in [7, 11) is -2.71. The van der Waals surface area contributed by atoms with Crippen LogP contribution in [-0.2, 0) is 25.0 Å². The number of carbonyl (C=O) groups is 1. The van der Waals surface area contributed by atoms with Crippen LogP contribution >= 0.6 is 0 Å². The number of hydrogen-bond donors (Lipinski definition) is 2. The molecule has 0 fully saturated rings. The molecular weight excluding hydrogens is 318 g/mol. The first-order valence-corrected chi connectivity index (χ1v) is 8.75. The number of aliphatic hydroxyl groups excluding tert-OH is 1. The summed E-state index contributed by atoms with van der Waals surface area (Å²) >= 11 is 0. The second kappa shape index (κ2) is 6.98. The second-order valence-electron chi connectivity index (χ2n) is 6.58. The van der Waals surface area contributed by atoms with Gasteiger partial charge >= 0.3 is 5.97 Å². The Morgan fingerprint density at radius 2 is 1.74 bits per heavy atom. The summed E-state index contributed by atoms with van der Waals surface area (Å²) in [5, 5.41) is 9.52. The molecule has 0 aliphatic carbocycles. The lowest BCUT2D eigenvalue weighted by atomic mass is 9.85. The summed E-state index contributed by atoms with van der Waals surface area (Å²) < 4.78 is 31.6. The van der Waals surface area contributed by atoms with E-state index >= 15 is 0 Å². The lowest BCUT2D eigenvalue weighted by Crippen LogP contribution is -2.37. The maximum atomic E-state index is 12.5. The summed E-state index contributed by atoms with van der Waals surface area (Å²) in [6, 6.07) is 3.69. The summed E-state index contributed by atoms with van der Waals surface area (Å²) in [4.78, 5) is 11.3. The van der Waals surface area contributed by atoms with Crippen molar-refractivity contribution >= 4 is 16.0 Å². The SMILES string of the molecule is COC(=O)[C@@H](O)CNS(=O)(=O)c1c(C)cc(C(C)(C)C)cc1C. The molecule has 0 unspecified atom stereocenters. The fourth-order valence-electron chi connectivity index (χ4n) is 2.29. The first kappa shape index (κ1) is 19.6. The van der Waals surface area contributed by atoms with Gasteiger partial charge in [-0.2, -0.15) is 0 Å². The van der Waals surface area contributed by atoms with Crippen molar-refractivity contribution in [1.82, 2.24) is 4.72 Å². The Morgan fingerprint density at radius 1 is 1.26 bits per heavy atom. The van der Waals surface area contributed by atoms with E-state index in [0.29, 0.717) is 11.1 Å². The smallest absolute Gasteiger partial charge is 0.336 e. The van der Waals surface area contributed by atoms with Crippen LogP contribution in [0, 0.1) is 13.8 Å². The third-order valence-electron chi connectivity index (χ3n) is 3.54. The number of hydrogen-bond acceptors (Lipinski definition) is 5. The van der Waals surface area contributed by atoms with Gasteiger partial charge in [-0.05, 0) is 36.0 Å². The van der Waals surface area contributed by atoms with Crippen molar-refractivity contribution in [3.63, 3.8) is 0 Å². The lowest BCUT2D eigenvalue weighted by Gasteiger charge is -2.22. The van der Waals surface area contributed by atoms with E-state index in [9.17, 15) is 18.3 Å². The zero-order valence-corrected chi connectivity index (χ0v) is 15.2. The maximum absolute atomic E-state index is 12.5. The standard InChI is InChI=1S/C16H25NO5S/c1-10-7-12(16(3,4)5)8-11(2)14(10)23(20,21)17-9-13(18)15(19)22-6/h7-8,13,17-18H,9H2,1-6H3/t13-/m0/s1. The van der Waals surface area contributed by atoms with E-state index in [1.165, 1.54) is 0 Å². The molecule has 6 nitrogen and oxygen atoms in total. The van der Waals surface area contributed by atoms with Gasteiger partial charge in [-0.15, -0.1) is 0 Å². The molecule has 1 aromatic carbocycles. The van der Waals surface area contributed by atoms with Gasteiger partial charge in [0.25, 0.3) is 0 Å². The molecular formula is C16H25NO5S. The van der Waals surface area contributed by atoms with Gasteiger partial charge in [-0.3, -0.25) is 0 Å². The Kier molecular flexibility index (Phi) is 5.95. The molecule has 130 valence electrons. The van der Waals surface area contributed by atoms with Crippen molar-refractivity contribution in [2.75, 3.05) is 13.7 Å². The number of aryl methyl sites for hydroxylation is 2. The Labute approximate surface area is 137 Å². The van der Waals surface area contributed by atoms with Gasteiger partial charge in [-0.1, -0.05) is 32.9 Å². The van der Waals surface area contributed by atoms with E-state index in [1.807, 2.05) is 12.1 Å². The average molecular weight is 343 g/mol. The fraction of sp³-hybridized carbons (Fsp3) is 0.562. The molecule has 1 aromatic rings. The second-order valence-corrected chi connectivity index (χ2v) is 8.28. The summed E-state index contributed by atoms with van der Waals surface area (Å²) in [5.74, 6) is -0.885. The number of sulfonamides is 1. The average Bonchev–Trinajstić information content (AvgIpc) is 2.41. The molecule has 1 atom stereocenters. The third-order valence-corrected chi connectivity index (χ3v) is 5.26. The monoisotopic (exact) mass is 343 g/mol. The molecule has 0 heterocycles. The van der Waals surface area contributed by atoms with E-state index in [1.54, 1.807) is 13.8 Å². The number of carbonyl (C=O) groups excluding carboxylic acids is 1. The molecule has 1 rings (SSSR count). The number of esters is 1. The minimum absolute atomic E-state index is 0.0910. The molecule has 2 N–H and O–H groups in total. The number of aliphatic hydroxyl groups is 1. The number of methoxy groups -OCH3 is 1. The highest BCUT2D eigenvalue weighted by Crippen LogP contribution is 2.29. The van der Waals surface area contributed by atoms with Gasteiger partial charge in [0.1, 0.15) is 0 Å². The van der Waals surface area contributed by atoms with Gasteiger partial charge in [0, 0.05) is 6.54 Å². The summed E-state index contributed by atoms with van der Waals surface area (Å²) in [6.45, 7) is 9.19. The van der Waals surface area contributed by atoms with Crippen LogP contribution in [0.15, 0.2) is 17.0 Å². The highest BCUT2D eigenvalue weighted by Gasteiger charge is 2.25. The van der Waals surface area contributed by atoms with Crippen LogP contribution in [0.4, 0.5) is 0 Å². The molecule has 0 spiro atoms. The van der Waals surface area contributed by atoms with Crippen molar-refractivity contribution < 1.29 is 23.1 Å². The van der Waals surface area contributed by atoms with Crippen LogP contribution in [0.5, 0.6) is 0 Å². The number of benzene rings is 1. The van der Waals surface area contributed by atoms with Gasteiger partial charge in [-0.25, -0.2) is 17.9 Å². The van der Waals surface area contributed by atoms with Crippen molar-refractivity contribution in [1.29, 1.82) is 0 Å². The van der Waals surface area contributed by atoms with Gasteiger partial charge in [0.05, 0.1) is 12.0 Å². The molecule has 0 aromatic heterocycles. The van der Waals surface area contributed by atoms with Crippen molar-refractivity contribution in [3.8, 4) is 0 Å². The fourth-order valence-corrected chi connectivity index (χ4v) is 3.77. The third kappa shape index (κ3) is 4.76. The van der Waals surface area contributed by atoms with E-state index in [-0.39, 0.29) is 10.3 Å². The Bertz CT molecular complexity index is 666. The number of nitrogens with one attached hydrogen (secondary N) is 1. The van der Waals surface area contributed by atoms with Crippen LogP contribution in [0.3, 0.4) is 0 Å². The van der Waals surface area contributed by atoms with Crippen molar-refractivity contribution in [3.05, 3.63) is 28.8 Å². The van der Waals surface area contributed by atoms with Crippen LogP contribution in [0.2, 0.25) is 0 Å². The molecule has 7 heteroatoms. The molecule has 0 aliphatic rings. The topological polar surface area (TPSA) is 92.7 Å². The molecule has 0 aliphatic heterocycles. The Morgan fingerprint density at radius 3 is 2.13 bits per heavy atom. The highest BCUT2D eigenvalue weighted by atomic mass is 32.2. The largest absolute Gasteiger partial charge is 0.467 e. The minimum Gasteiger partial charge on any atom is -0.467 e. The van der Waals surface area contributed by atoms with Crippen LogP contribution < -0.4 is 4.72 Å². The predicted octanol–water partition coefficient (Wildman–Crippen LogP) is 1.41. The molecule has 23 heavy (non-hydrogen) atoms. The normalized spacial score (nSPS) is 13.7.